The molecule has 11 heteroatoms. The average molecular weight is 816 g/mol. The molecule has 61 heavy (non-hydrogen) atoms. The number of esters is 1. The Kier molecular flexibility index (Phi) is 12.0. The van der Waals surface area contributed by atoms with Gasteiger partial charge in [-0.05, 0) is 83.6 Å². The highest BCUT2D eigenvalue weighted by molar-refractivity contribution is 6.03. The second kappa shape index (κ2) is 17.7. The van der Waals surface area contributed by atoms with Gasteiger partial charge in [0.1, 0.15) is 11.9 Å². The van der Waals surface area contributed by atoms with Gasteiger partial charge in [0.2, 0.25) is 17.9 Å². The Morgan fingerprint density at radius 1 is 0.885 bits per heavy atom. The van der Waals surface area contributed by atoms with Crippen molar-refractivity contribution in [3.05, 3.63) is 132 Å². The van der Waals surface area contributed by atoms with Crippen molar-refractivity contribution in [3.8, 4) is 22.4 Å². The minimum Gasteiger partial charge on any atom is -0.469 e. The van der Waals surface area contributed by atoms with Gasteiger partial charge in [0, 0.05) is 30.4 Å². The SMILES string of the molecule is [C-]#[N+][C@H]1C[C@@H](c2ncc(-c3ccc4cc(-c5ccc(C6=CN=C([C@@H]7CCCN7C(=O)[C@@H](CC(=O)OC)C(C)C)C6)cc5)ccc4c3)[nH]2)N(C(=O)[C@@H](c2ccccc2)N(C)C)C1. The molecule has 0 saturated carbocycles. The van der Waals surface area contributed by atoms with Gasteiger partial charge in [-0.1, -0.05) is 92.7 Å². The molecule has 5 atom stereocenters. The summed E-state index contributed by atoms with van der Waals surface area (Å²) in [5.74, 6) is -0.0643. The van der Waals surface area contributed by atoms with E-state index in [1.807, 2.05) is 85.4 Å². The number of H-pyrrole nitrogens is 1. The Labute approximate surface area is 358 Å². The third-order valence-corrected chi connectivity index (χ3v) is 12.7. The Morgan fingerprint density at radius 3 is 2.26 bits per heavy atom. The number of aliphatic imine (C=N–C) groups is 1. The Balaban J connectivity index is 0.933. The fraction of sp³-hybridized carbons (Fsp3) is 0.360. The number of imidazole rings is 1. The van der Waals surface area contributed by atoms with E-state index in [1.165, 1.54) is 7.11 Å². The average Bonchev–Trinajstić information content (AvgIpc) is 4.12. The van der Waals surface area contributed by atoms with Crippen molar-refractivity contribution >= 4 is 39.8 Å². The maximum Gasteiger partial charge on any atom is 0.306 e. The van der Waals surface area contributed by atoms with Crippen LogP contribution in [0.4, 0.5) is 0 Å². The van der Waals surface area contributed by atoms with E-state index < -0.39 is 12.0 Å². The lowest BCUT2D eigenvalue weighted by Gasteiger charge is -2.31. The van der Waals surface area contributed by atoms with Gasteiger partial charge in [-0.2, -0.15) is 0 Å². The van der Waals surface area contributed by atoms with E-state index >= 15 is 0 Å². The molecule has 312 valence electrons. The van der Waals surface area contributed by atoms with Crippen LogP contribution in [0.2, 0.25) is 0 Å². The minimum atomic E-state index is -0.461. The molecule has 1 aromatic heterocycles. The number of fused-ring (bicyclic) bond motifs is 1. The topological polar surface area (TPSA) is 116 Å². The molecule has 3 aliphatic heterocycles. The van der Waals surface area contributed by atoms with Crippen molar-refractivity contribution in [2.75, 3.05) is 34.3 Å². The molecule has 0 radical (unpaired) electrons. The standard InChI is InChI=1S/C50H53N7O4/c1-31(2)41(27-46(58)61-6)49(59)56-22-10-13-44(56)42-25-39(28-52-42)33-16-14-32(15-17-33)35-18-19-37-24-38(21-20-36(37)23-35)43-29-53-48(54-43)45-26-40(51-3)30-57(45)50(60)47(55(4)5)34-11-8-7-9-12-34/h7-9,11-12,14-21,23-24,28-29,31,40-41,44-45,47H,10,13,22,25-27,30H2,1-2,4-6H3,(H,53,54)/t40-,41-,44-,45-,47+/m0/s1. The summed E-state index contributed by atoms with van der Waals surface area (Å²) in [4.78, 5) is 62.6. The van der Waals surface area contributed by atoms with Crippen LogP contribution in [-0.2, 0) is 19.1 Å². The van der Waals surface area contributed by atoms with Crippen molar-refractivity contribution in [2.24, 2.45) is 16.8 Å². The van der Waals surface area contributed by atoms with Gasteiger partial charge in [-0.15, -0.1) is 0 Å². The third kappa shape index (κ3) is 8.50. The molecule has 2 fully saturated rings. The van der Waals surface area contributed by atoms with Crippen molar-refractivity contribution in [2.45, 2.75) is 70.1 Å². The zero-order valence-corrected chi connectivity index (χ0v) is 35.5. The van der Waals surface area contributed by atoms with E-state index in [9.17, 15) is 14.4 Å². The van der Waals surface area contributed by atoms with Crippen molar-refractivity contribution in [3.63, 3.8) is 0 Å². The molecule has 0 aliphatic carbocycles. The number of ether oxygens (including phenoxy) is 1. The number of likely N-dealkylation sites (tertiary alicyclic amines) is 2. The Morgan fingerprint density at radius 2 is 1.57 bits per heavy atom. The number of hydrogen-bond donors (Lipinski definition) is 1. The lowest BCUT2D eigenvalue weighted by atomic mass is 9.90. The molecular formula is C50H53N7O4. The monoisotopic (exact) mass is 815 g/mol. The van der Waals surface area contributed by atoms with Crippen LogP contribution in [0.25, 0.3) is 43.6 Å². The predicted octanol–water partition coefficient (Wildman–Crippen LogP) is 8.77. The van der Waals surface area contributed by atoms with Gasteiger partial charge >= 0.3 is 5.97 Å². The second-order valence-corrected chi connectivity index (χ2v) is 17.1. The number of benzene rings is 4. The predicted molar refractivity (Wildman–Crippen MR) is 239 cm³/mol. The van der Waals surface area contributed by atoms with E-state index in [2.05, 4.69) is 70.5 Å². The first-order valence-electron chi connectivity index (χ1n) is 21.2. The number of carbonyl (C=O) groups excluding carboxylic acids is 3. The van der Waals surface area contributed by atoms with Gasteiger partial charge in [0.25, 0.3) is 0 Å². The zero-order valence-electron chi connectivity index (χ0n) is 35.5. The smallest absolute Gasteiger partial charge is 0.306 e. The highest BCUT2D eigenvalue weighted by atomic mass is 16.5. The second-order valence-electron chi connectivity index (χ2n) is 17.1. The highest BCUT2D eigenvalue weighted by Crippen LogP contribution is 2.38. The quantitative estimate of drug-likeness (QED) is 0.0995. The lowest BCUT2D eigenvalue weighted by Crippen LogP contribution is -2.45. The lowest BCUT2D eigenvalue weighted by molar-refractivity contribution is -0.148. The van der Waals surface area contributed by atoms with Crippen molar-refractivity contribution < 1.29 is 19.1 Å². The summed E-state index contributed by atoms with van der Waals surface area (Å²) in [5, 5.41) is 2.22. The summed E-state index contributed by atoms with van der Waals surface area (Å²) in [5.41, 5.74) is 8.25. The van der Waals surface area contributed by atoms with Gasteiger partial charge in [0.15, 0.2) is 0 Å². The number of hydrogen-bond acceptors (Lipinski definition) is 7. The summed E-state index contributed by atoms with van der Waals surface area (Å²) in [6.07, 6.45) is 6.88. The molecule has 5 aromatic rings. The van der Waals surface area contributed by atoms with Crippen LogP contribution in [0, 0.1) is 18.4 Å². The first kappa shape index (κ1) is 41.4. The zero-order chi connectivity index (χ0) is 42.8. The number of carbonyl (C=O) groups is 3. The summed E-state index contributed by atoms with van der Waals surface area (Å²) in [7, 11) is 5.19. The van der Waals surface area contributed by atoms with Crippen molar-refractivity contribution in [1.82, 2.24) is 24.7 Å². The molecule has 0 spiro atoms. The van der Waals surface area contributed by atoms with Crippen LogP contribution in [0.3, 0.4) is 0 Å². The van der Waals surface area contributed by atoms with Crippen LogP contribution in [0.5, 0.6) is 0 Å². The van der Waals surface area contributed by atoms with E-state index in [-0.39, 0.29) is 48.2 Å². The van der Waals surface area contributed by atoms with E-state index in [1.54, 1.807) is 0 Å². The molecule has 1 N–H and O–H groups in total. The third-order valence-electron chi connectivity index (χ3n) is 12.7. The number of rotatable bonds is 12. The van der Waals surface area contributed by atoms with Crippen LogP contribution in [0.1, 0.15) is 75.0 Å². The number of likely N-dealkylation sites (N-methyl/N-ethyl adjacent to an activating group) is 1. The summed E-state index contributed by atoms with van der Waals surface area (Å²) < 4.78 is 4.89. The summed E-state index contributed by atoms with van der Waals surface area (Å²) in [6.45, 7) is 12.8. The van der Waals surface area contributed by atoms with Crippen LogP contribution < -0.4 is 0 Å². The molecule has 4 aromatic carbocycles. The van der Waals surface area contributed by atoms with E-state index in [0.29, 0.717) is 31.8 Å². The van der Waals surface area contributed by atoms with Gasteiger partial charge in [-0.25, -0.2) is 11.6 Å². The molecule has 2 amide bonds. The number of nitrogens with one attached hydrogen (secondary N) is 1. The molecular weight excluding hydrogens is 763 g/mol. The van der Waals surface area contributed by atoms with Gasteiger partial charge < -0.3 is 24.4 Å². The fourth-order valence-corrected chi connectivity index (χ4v) is 9.28. The number of methoxy groups -OCH3 is 1. The number of aromatic amines is 1. The minimum absolute atomic E-state index is 0.0141. The molecule has 0 bridgehead atoms. The highest BCUT2D eigenvalue weighted by Gasteiger charge is 2.44. The van der Waals surface area contributed by atoms with Gasteiger partial charge in [-0.3, -0.25) is 24.3 Å². The molecule has 3 aliphatic rings. The van der Waals surface area contributed by atoms with Gasteiger partial charge in [0.05, 0.1) is 56.4 Å². The van der Waals surface area contributed by atoms with Crippen LogP contribution in [0.15, 0.2) is 108 Å². The van der Waals surface area contributed by atoms with E-state index in [4.69, 9.17) is 21.3 Å². The molecule has 2 saturated heterocycles. The Hall–Kier alpha value is -6.38. The summed E-state index contributed by atoms with van der Waals surface area (Å²) >= 11 is 0. The van der Waals surface area contributed by atoms with Crippen molar-refractivity contribution in [1.29, 1.82) is 0 Å². The molecule has 11 nitrogen and oxygen atoms in total. The largest absolute Gasteiger partial charge is 0.469 e. The number of allylic oxidation sites excluding steroid dienone is 1. The summed E-state index contributed by atoms with van der Waals surface area (Å²) in [6, 6.07) is 30.1. The number of aromatic nitrogens is 2. The normalized spacial score (nSPS) is 19.9. The van der Waals surface area contributed by atoms with Crippen LogP contribution in [-0.4, -0.2) is 94.5 Å². The molecule has 4 heterocycles. The molecule has 0 unspecified atom stereocenters. The van der Waals surface area contributed by atoms with E-state index in [0.717, 1.165) is 68.4 Å². The first-order chi connectivity index (χ1) is 29.5. The Bertz CT molecular complexity index is 2530. The molecule has 8 rings (SSSR count). The number of nitrogens with zero attached hydrogens (tertiary/aromatic N) is 6. The maximum atomic E-state index is 14.1. The maximum absolute atomic E-state index is 14.1. The number of amides is 2. The first-order valence-corrected chi connectivity index (χ1v) is 21.2. The van der Waals surface area contributed by atoms with Crippen LogP contribution >= 0.6 is 0 Å². The fourth-order valence-electron chi connectivity index (χ4n) is 9.28.